The van der Waals surface area contributed by atoms with E-state index < -0.39 is 0 Å². The van der Waals surface area contributed by atoms with E-state index in [1.54, 1.807) is 0 Å². The van der Waals surface area contributed by atoms with Crippen molar-refractivity contribution in [3.05, 3.63) is 28.8 Å². The number of nitrogens with one attached hydrogen (secondary N) is 2. The fourth-order valence-corrected chi connectivity index (χ4v) is 3.66. The van der Waals surface area contributed by atoms with Gasteiger partial charge in [0, 0.05) is 23.2 Å². The van der Waals surface area contributed by atoms with Crippen molar-refractivity contribution in [1.29, 1.82) is 0 Å². The summed E-state index contributed by atoms with van der Waals surface area (Å²) < 4.78 is 0. The molecule has 0 radical (unpaired) electrons. The topological polar surface area (TPSA) is 39.7 Å². The molecule has 4 nitrogen and oxygen atoms in total. The lowest BCUT2D eigenvalue weighted by molar-refractivity contribution is 0.267. The Morgan fingerprint density at radius 1 is 1.48 bits per heavy atom. The van der Waals surface area contributed by atoms with Crippen LogP contribution < -0.4 is 10.6 Å². The maximum Gasteiger partial charge on any atom is 0.197 e. The number of guanidine groups is 1. The average Bonchev–Trinajstić information content (AvgIpc) is 2.92. The quantitative estimate of drug-likeness (QED) is 0.901. The predicted molar refractivity (Wildman–Crippen MR) is 88.4 cm³/mol. The number of aliphatic imine (C=N–C) groups is 1. The van der Waals surface area contributed by atoms with E-state index in [0.29, 0.717) is 6.04 Å². The van der Waals surface area contributed by atoms with Gasteiger partial charge in [0.2, 0.25) is 0 Å². The number of likely N-dealkylation sites (N-methyl/N-ethyl adjacent to an activating group) is 1. The Kier molecular flexibility index (Phi) is 4.36. The van der Waals surface area contributed by atoms with Crippen molar-refractivity contribution in [1.82, 2.24) is 15.5 Å². The molecule has 3 rings (SSSR count). The minimum absolute atomic E-state index is 0.180. The maximum atomic E-state index is 6.27. The maximum absolute atomic E-state index is 6.27. The molecule has 2 unspecified atom stereocenters. The first kappa shape index (κ1) is 14.7. The van der Waals surface area contributed by atoms with Gasteiger partial charge in [-0.3, -0.25) is 4.90 Å². The van der Waals surface area contributed by atoms with Gasteiger partial charge in [-0.1, -0.05) is 24.6 Å². The second-order valence-corrected chi connectivity index (χ2v) is 6.21. The molecule has 114 valence electrons. The highest BCUT2D eigenvalue weighted by Crippen LogP contribution is 2.34. The van der Waals surface area contributed by atoms with Gasteiger partial charge in [-0.25, -0.2) is 4.99 Å². The molecule has 21 heavy (non-hydrogen) atoms. The van der Waals surface area contributed by atoms with Gasteiger partial charge in [0.25, 0.3) is 0 Å². The molecule has 2 N–H and O–H groups in total. The molecular weight excluding hydrogens is 284 g/mol. The van der Waals surface area contributed by atoms with Gasteiger partial charge in [0.15, 0.2) is 5.96 Å². The van der Waals surface area contributed by atoms with E-state index in [9.17, 15) is 0 Å². The highest BCUT2D eigenvalue weighted by Gasteiger charge is 2.25. The van der Waals surface area contributed by atoms with E-state index in [-0.39, 0.29) is 6.04 Å². The van der Waals surface area contributed by atoms with Crippen molar-refractivity contribution < 1.29 is 0 Å². The van der Waals surface area contributed by atoms with Gasteiger partial charge in [0.05, 0.1) is 11.7 Å². The fraction of sp³-hybridized carbons (Fsp3) is 0.562. The van der Waals surface area contributed by atoms with E-state index in [1.807, 2.05) is 18.2 Å². The molecule has 0 saturated carbocycles. The largest absolute Gasteiger partial charge is 0.355 e. The Balaban J connectivity index is 1.70. The lowest BCUT2D eigenvalue weighted by Gasteiger charge is -2.28. The second kappa shape index (κ2) is 6.24. The monoisotopic (exact) mass is 306 g/mol. The van der Waals surface area contributed by atoms with Crippen LogP contribution in [0.1, 0.15) is 38.3 Å². The van der Waals surface area contributed by atoms with Crippen molar-refractivity contribution in [3.63, 3.8) is 0 Å². The van der Waals surface area contributed by atoms with Crippen LogP contribution in [0.5, 0.6) is 0 Å². The summed E-state index contributed by atoms with van der Waals surface area (Å²) in [6, 6.07) is 6.70. The van der Waals surface area contributed by atoms with Crippen molar-refractivity contribution in [2.75, 3.05) is 19.6 Å². The van der Waals surface area contributed by atoms with Gasteiger partial charge in [0.1, 0.15) is 0 Å². The van der Waals surface area contributed by atoms with Crippen LogP contribution in [-0.4, -0.2) is 36.5 Å². The molecule has 1 aromatic carbocycles. The third kappa shape index (κ3) is 3.01. The van der Waals surface area contributed by atoms with Crippen LogP contribution in [0.25, 0.3) is 0 Å². The van der Waals surface area contributed by atoms with E-state index in [1.165, 1.54) is 19.4 Å². The van der Waals surface area contributed by atoms with Crippen LogP contribution in [0.3, 0.4) is 0 Å². The highest BCUT2D eigenvalue weighted by molar-refractivity contribution is 6.31. The van der Waals surface area contributed by atoms with E-state index in [0.717, 1.165) is 35.3 Å². The summed E-state index contributed by atoms with van der Waals surface area (Å²) in [5, 5.41) is 7.66. The number of rotatable bonds is 3. The minimum atomic E-state index is 0.180. The van der Waals surface area contributed by atoms with E-state index in [2.05, 4.69) is 34.4 Å². The second-order valence-electron chi connectivity index (χ2n) is 5.80. The summed E-state index contributed by atoms with van der Waals surface area (Å²) in [5.74, 6) is 0.861. The van der Waals surface area contributed by atoms with Crippen LogP contribution in [0.15, 0.2) is 23.2 Å². The molecule has 0 amide bonds. The van der Waals surface area contributed by atoms with Crippen molar-refractivity contribution in [2.45, 2.75) is 38.8 Å². The smallest absolute Gasteiger partial charge is 0.197 e. The van der Waals surface area contributed by atoms with Gasteiger partial charge in [-0.2, -0.15) is 0 Å². The molecule has 2 aliphatic rings. The molecule has 0 spiro atoms. The van der Waals surface area contributed by atoms with Gasteiger partial charge in [-0.15, -0.1) is 0 Å². The standard InChI is InChI=1S/C16H23ClN4/c1-3-21-9-5-6-12(21)10-18-16-19-11(2)15-13(17)7-4-8-14(15)20-16/h4,7-8,11-12H,3,5-6,9-10H2,1-2H3,(H2,18,19,20). The molecule has 0 aromatic heterocycles. The number of fused-ring (bicyclic) bond motifs is 1. The van der Waals surface area contributed by atoms with Crippen molar-refractivity contribution in [3.8, 4) is 0 Å². The third-order valence-corrected chi connectivity index (χ3v) is 4.79. The summed E-state index contributed by atoms with van der Waals surface area (Å²) in [4.78, 5) is 7.19. The van der Waals surface area contributed by atoms with Crippen LogP contribution in [0, 0.1) is 0 Å². The van der Waals surface area contributed by atoms with E-state index >= 15 is 0 Å². The summed E-state index contributed by atoms with van der Waals surface area (Å²) in [7, 11) is 0. The zero-order chi connectivity index (χ0) is 14.8. The first-order chi connectivity index (χ1) is 10.2. The number of nitrogens with zero attached hydrogens (tertiary/aromatic N) is 2. The average molecular weight is 307 g/mol. The molecular formula is C16H23ClN4. The number of benzene rings is 1. The number of hydrogen-bond acceptors (Lipinski definition) is 4. The number of halogens is 1. The van der Waals surface area contributed by atoms with Crippen molar-refractivity contribution >= 4 is 23.2 Å². The Morgan fingerprint density at radius 2 is 2.33 bits per heavy atom. The fourth-order valence-electron chi connectivity index (χ4n) is 3.33. The molecule has 1 fully saturated rings. The van der Waals surface area contributed by atoms with Gasteiger partial charge >= 0.3 is 0 Å². The van der Waals surface area contributed by atoms with Crippen LogP contribution in [0.2, 0.25) is 5.02 Å². The Labute approximate surface area is 131 Å². The van der Waals surface area contributed by atoms with Crippen molar-refractivity contribution in [2.24, 2.45) is 4.99 Å². The van der Waals surface area contributed by atoms with Gasteiger partial charge in [-0.05, 0) is 45.0 Å². The van der Waals surface area contributed by atoms with E-state index in [4.69, 9.17) is 11.6 Å². The SMILES string of the molecule is CCN1CCCC1CNC1=Nc2cccc(Cl)c2C(C)N1. The lowest BCUT2D eigenvalue weighted by atomic mass is 10.0. The molecule has 1 aromatic rings. The molecule has 2 aliphatic heterocycles. The first-order valence-electron chi connectivity index (χ1n) is 7.80. The summed E-state index contributed by atoms with van der Waals surface area (Å²) >= 11 is 6.27. The third-order valence-electron chi connectivity index (χ3n) is 4.46. The molecule has 5 heteroatoms. The molecule has 1 saturated heterocycles. The van der Waals surface area contributed by atoms with Crippen LogP contribution in [0.4, 0.5) is 5.69 Å². The molecule has 2 atom stereocenters. The van der Waals surface area contributed by atoms with Gasteiger partial charge < -0.3 is 10.6 Å². The minimum Gasteiger partial charge on any atom is -0.355 e. The number of hydrogen-bond donors (Lipinski definition) is 2. The Hall–Kier alpha value is -1.26. The predicted octanol–water partition coefficient (Wildman–Crippen LogP) is 3.07. The summed E-state index contributed by atoms with van der Waals surface area (Å²) in [5.41, 5.74) is 2.05. The first-order valence-corrected chi connectivity index (χ1v) is 8.18. The zero-order valence-corrected chi connectivity index (χ0v) is 13.5. The Bertz CT molecular complexity index is 543. The summed E-state index contributed by atoms with van der Waals surface area (Å²) in [6.45, 7) is 7.64. The van der Waals surface area contributed by atoms with Crippen LogP contribution in [-0.2, 0) is 0 Å². The normalized spacial score (nSPS) is 25.2. The highest BCUT2D eigenvalue weighted by atomic mass is 35.5. The zero-order valence-electron chi connectivity index (χ0n) is 12.7. The molecule has 0 aliphatic carbocycles. The Morgan fingerprint density at radius 3 is 3.14 bits per heavy atom. The summed E-state index contributed by atoms with van der Waals surface area (Å²) in [6.07, 6.45) is 2.57. The molecule has 0 bridgehead atoms. The lowest BCUT2D eigenvalue weighted by Crippen LogP contribution is -2.46. The number of likely N-dealkylation sites (tertiary alicyclic amines) is 1. The molecule has 2 heterocycles. The van der Waals surface area contributed by atoms with Crippen LogP contribution >= 0.6 is 11.6 Å².